The number of allylic oxidation sites excluding steroid dienone is 3. The van der Waals surface area contributed by atoms with Gasteiger partial charge in [0, 0.05) is 5.69 Å². The molecule has 2 rings (SSSR count). The van der Waals surface area contributed by atoms with Gasteiger partial charge in [0.2, 0.25) is 5.91 Å². The van der Waals surface area contributed by atoms with Crippen molar-refractivity contribution in [1.82, 2.24) is 0 Å². The monoisotopic (exact) mass is 225 g/mol. The first kappa shape index (κ1) is 11.1. The number of anilines is 1. The Labute approximate surface area is 99.1 Å². The number of rotatable bonds is 2. The molecule has 1 N–H and O–H groups in total. The predicted octanol–water partition coefficient (Wildman–Crippen LogP) is 2.13. The molecule has 0 spiro atoms. The van der Waals surface area contributed by atoms with Crippen molar-refractivity contribution in [3.8, 4) is 0 Å². The van der Waals surface area contributed by atoms with E-state index in [1.165, 1.54) is 0 Å². The van der Waals surface area contributed by atoms with Gasteiger partial charge in [0.1, 0.15) is 5.94 Å². The molecule has 0 aromatic heterocycles. The Bertz CT molecular complexity index is 522. The highest BCUT2D eigenvalue weighted by molar-refractivity contribution is 5.97. The third-order valence-corrected chi connectivity index (χ3v) is 2.47. The first-order chi connectivity index (χ1) is 8.31. The highest BCUT2D eigenvalue weighted by Crippen LogP contribution is 2.18. The smallest absolute Gasteiger partial charge is 0.236 e. The number of hydrogen-bond donors (Lipinski definition) is 1. The third kappa shape index (κ3) is 2.60. The number of hydrogen-bond acceptors (Lipinski definition) is 2. The van der Waals surface area contributed by atoms with Crippen LogP contribution in [0.15, 0.2) is 60.2 Å². The lowest BCUT2D eigenvalue weighted by Gasteiger charge is -2.13. The number of nitrogens with one attached hydrogen (secondary N) is 1. The summed E-state index contributed by atoms with van der Waals surface area (Å²) in [6, 6.07) is 9.14. The Hall–Kier alpha value is -2.38. The van der Waals surface area contributed by atoms with E-state index in [2.05, 4.69) is 5.32 Å². The van der Waals surface area contributed by atoms with Crippen LogP contribution in [0.4, 0.5) is 5.69 Å². The Morgan fingerprint density at radius 1 is 1.18 bits per heavy atom. The summed E-state index contributed by atoms with van der Waals surface area (Å²) in [7, 11) is 0. The Morgan fingerprint density at radius 3 is 2.65 bits per heavy atom. The van der Waals surface area contributed by atoms with Gasteiger partial charge in [-0.2, -0.15) is 0 Å². The van der Waals surface area contributed by atoms with Gasteiger partial charge in [-0.15, -0.1) is 0 Å². The maximum absolute atomic E-state index is 11.9. The van der Waals surface area contributed by atoms with E-state index in [-0.39, 0.29) is 5.91 Å². The zero-order valence-corrected chi connectivity index (χ0v) is 9.09. The number of amides is 1. The Balaban J connectivity index is 2.13. The molecule has 0 bridgehead atoms. The second-order valence-corrected chi connectivity index (χ2v) is 3.63. The molecule has 0 radical (unpaired) electrons. The Morgan fingerprint density at radius 2 is 1.94 bits per heavy atom. The molecule has 1 aliphatic rings. The summed E-state index contributed by atoms with van der Waals surface area (Å²) in [5.74, 6) is 1.00. The molecule has 1 atom stereocenters. The molecule has 0 aliphatic heterocycles. The molecule has 1 aromatic carbocycles. The SMILES string of the molecule is O=C=C1C=CC=CC1C(=O)Nc1ccccc1. The summed E-state index contributed by atoms with van der Waals surface area (Å²) in [6.45, 7) is 0. The van der Waals surface area contributed by atoms with E-state index in [0.29, 0.717) is 11.3 Å². The number of carbonyl (C=O) groups excluding carboxylic acids is 2. The molecule has 0 saturated heterocycles. The normalized spacial score (nSPS) is 17.6. The standard InChI is InChI=1S/C14H11NO2/c16-10-11-6-4-5-9-13(11)14(17)15-12-7-2-1-3-8-12/h1-9,13H,(H,15,17). The van der Waals surface area contributed by atoms with E-state index >= 15 is 0 Å². The van der Waals surface area contributed by atoms with E-state index < -0.39 is 5.92 Å². The maximum atomic E-state index is 11.9. The van der Waals surface area contributed by atoms with Gasteiger partial charge >= 0.3 is 0 Å². The first-order valence-electron chi connectivity index (χ1n) is 5.27. The molecule has 1 aromatic rings. The fourth-order valence-corrected chi connectivity index (χ4v) is 1.61. The van der Waals surface area contributed by atoms with Crippen molar-refractivity contribution in [3.63, 3.8) is 0 Å². The fraction of sp³-hybridized carbons (Fsp3) is 0.0714. The molecule has 0 saturated carbocycles. The highest BCUT2D eigenvalue weighted by Gasteiger charge is 2.21. The lowest BCUT2D eigenvalue weighted by Crippen LogP contribution is -2.23. The minimum atomic E-state index is -0.558. The molecule has 1 unspecified atom stereocenters. The van der Waals surface area contributed by atoms with Crippen molar-refractivity contribution >= 4 is 17.5 Å². The number of carbonyl (C=O) groups is 1. The van der Waals surface area contributed by atoms with Crippen molar-refractivity contribution < 1.29 is 9.59 Å². The van der Waals surface area contributed by atoms with Crippen molar-refractivity contribution in [2.75, 3.05) is 5.32 Å². The fourth-order valence-electron chi connectivity index (χ4n) is 1.61. The second-order valence-electron chi connectivity index (χ2n) is 3.63. The van der Waals surface area contributed by atoms with Crippen LogP contribution in [0.1, 0.15) is 0 Å². The van der Waals surface area contributed by atoms with Crippen molar-refractivity contribution in [3.05, 3.63) is 60.2 Å². The van der Waals surface area contributed by atoms with Gasteiger partial charge in [0.05, 0.1) is 11.5 Å². The minimum absolute atomic E-state index is 0.227. The molecule has 17 heavy (non-hydrogen) atoms. The van der Waals surface area contributed by atoms with Crippen LogP contribution < -0.4 is 5.32 Å². The second kappa shape index (κ2) is 5.10. The van der Waals surface area contributed by atoms with Crippen LogP contribution in [0, 0.1) is 5.92 Å². The summed E-state index contributed by atoms with van der Waals surface area (Å²) in [4.78, 5) is 22.6. The van der Waals surface area contributed by atoms with Crippen LogP contribution in [-0.4, -0.2) is 11.8 Å². The topological polar surface area (TPSA) is 46.2 Å². The average molecular weight is 225 g/mol. The average Bonchev–Trinajstić information content (AvgIpc) is 2.40. The quantitative estimate of drug-likeness (QED) is 0.784. The van der Waals surface area contributed by atoms with Crippen molar-refractivity contribution in [1.29, 1.82) is 0 Å². The van der Waals surface area contributed by atoms with Gasteiger partial charge in [0.25, 0.3) is 0 Å². The van der Waals surface area contributed by atoms with E-state index in [0.717, 1.165) is 0 Å². The minimum Gasteiger partial charge on any atom is -0.325 e. The first-order valence-corrected chi connectivity index (χ1v) is 5.27. The zero-order chi connectivity index (χ0) is 12.1. The summed E-state index contributed by atoms with van der Waals surface area (Å²) in [5, 5.41) is 2.75. The lowest BCUT2D eigenvalue weighted by molar-refractivity contribution is -0.117. The molecule has 3 heteroatoms. The van der Waals surface area contributed by atoms with Crippen LogP contribution in [0.5, 0.6) is 0 Å². The van der Waals surface area contributed by atoms with Crippen LogP contribution in [-0.2, 0) is 9.59 Å². The summed E-state index contributed by atoms with van der Waals surface area (Å²) in [5.41, 5.74) is 1.06. The molecule has 0 fully saturated rings. The van der Waals surface area contributed by atoms with Gasteiger partial charge < -0.3 is 5.32 Å². The van der Waals surface area contributed by atoms with Gasteiger partial charge in [-0.05, 0) is 18.2 Å². The van der Waals surface area contributed by atoms with Crippen LogP contribution in [0.25, 0.3) is 0 Å². The highest BCUT2D eigenvalue weighted by atomic mass is 16.2. The largest absolute Gasteiger partial charge is 0.325 e. The maximum Gasteiger partial charge on any atom is 0.236 e. The molecule has 1 amide bonds. The van der Waals surface area contributed by atoms with Gasteiger partial charge in [-0.1, -0.05) is 36.4 Å². The van der Waals surface area contributed by atoms with Crippen molar-refractivity contribution in [2.45, 2.75) is 0 Å². The summed E-state index contributed by atoms with van der Waals surface area (Å²) in [6.07, 6.45) is 6.74. The molecular formula is C14H11NO2. The van der Waals surface area contributed by atoms with E-state index in [1.807, 2.05) is 18.2 Å². The van der Waals surface area contributed by atoms with Crippen LogP contribution in [0.2, 0.25) is 0 Å². The summed E-state index contributed by atoms with van der Waals surface area (Å²) < 4.78 is 0. The van der Waals surface area contributed by atoms with Crippen LogP contribution in [0.3, 0.4) is 0 Å². The molecule has 0 heterocycles. The zero-order valence-electron chi connectivity index (χ0n) is 9.09. The predicted molar refractivity (Wildman–Crippen MR) is 66.0 cm³/mol. The number of para-hydroxylation sites is 1. The Kier molecular flexibility index (Phi) is 3.34. The van der Waals surface area contributed by atoms with Gasteiger partial charge in [-0.3, -0.25) is 4.79 Å². The molecule has 84 valence electrons. The van der Waals surface area contributed by atoms with E-state index in [4.69, 9.17) is 0 Å². The molecule has 1 aliphatic carbocycles. The van der Waals surface area contributed by atoms with Gasteiger partial charge in [-0.25, -0.2) is 4.79 Å². The lowest BCUT2D eigenvalue weighted by atomic mass is 9.95. The number of benzene rings is 1. The summed E-state index contributed by atoms with van der Waals surface area (Å²) >= 11 is 0. The van der Waals surface area contributed by atoms with Crippen molar-refractivity contribution in [2.24, 2.45) is 5.92 Å². The van der Waals surface area contributed by atoms with Gasteiger partial charge in [0.15, 0.2) is 0 Å². The molecular weight excluding hydrogens is 214 g/mol. The van der Waals surface area contributed by atoms with E-state index in [9.17, 15) is 9.59 Å². The molecule has 3 nitrogen and oxygen atoms in total. The third-order valence-electron chi connectivity index (χ3n) is 2.47. The van der Waals surface area contributed by atoms with Crippen LogP contribution >= 0.6 is 0 Å². The van der Waals surface area contributed by atoms with E-state index in [1.54, 1.807) is 42.4 Å².